The lowest BCUT2D eigenvalue weighted by molar-refractivity contribution is 0.144. The third kappa shape index (κ3) is 3.46. The number of furan rings is 1. The largest absolute Gasteiger partial charge is 0.469 e. The molecule has 1 aromatic carbocycles. The summed E-state index contributed by atoms with van der Waals surface area (Å²) in [4.78, 5) is 14.5. The highest BCUT2D eigenvalue weighted by Gasteiger charge is 2.28. The van der Waals surface area contributed by atoms with Crippen molar-refractivity contribution in [2.75, 3.05) is 13.2 Å². The zero-order valence-electron chi connectivity index (χ0n) is 14.0. The highest BCUT2D eigenvalue weighted by Crippen LogP contribution is 2.34. The Hall–Kier alpha value is -2.27. The van der Waals surface area contributed by atoms with Crippen molar-refractivity contribution < 1.29 is 14.3 Å². The summed E-state index contributed by atoms with van der Waals surface area (Å²) in [5, 5.41) is 12.4. The van der Waals surface area contributed by atoms with E-state index in [2.05, 4.69) is 17.4 Å². The Labute approximate surface area is 142 Å². The lowest BCUT2D eigenvalue weighted by Gasteiger charge is -2.35. The van der Waals surface area contributed by atoms with Crippen molar-refractivity contribution >= 4 is 6.03 Å². The summed E-state index contributed by atoms with van der Waals surface area (Å²) >= 11 is 0. The quantitative estimate of drug-likeness (QED) is 0.886. The summed E-state index contributed by atoms with van der Waals surface area (Å²) < 4.78 is 5.26. The van der Waals surface area contributed by atoms with Crippen molar-refractivity contribution in [3.63, 3.8) is 0 Å². The van der Waals surface area contributed by atoms with Gasteiger partial charge in [-0.15, -0.1) is 0 Å². The Balaban J connectivity index is 1.75. The van der Waals surface area contributed by atoms with Crippen LogP contribution in [0.1, 0.15) is 41.3 Å². The molecule has 0 unspecified atom stereocenters. The SMILES string of the molecule is Cc1occc1CNC(=O)N(CCO)[C@@H]1CCCc2ccccc21. The number of aryl methyl sites for hydroxylation is 2. The van der Waals surface area contributed by atoms with E-state index in [1.807, 2.05) is 25.1 Å². The maximum absolute atomic E-state index is 12.7. The second-order valence-electron chi connectivity index (χ2n) is 6.18. The molecule has 1 aliphatic rings. The van der Waals surface area contributed by atoms with E-state index in [1.54, 1.807) is 11.2 Å². The van der Waals surface area contributed by atoms with Gasteiger partial charge >= 0.3 is 6.03 Å². The first-order valence-corrected chi connectivity index (χ1v) is 8.47. The van der Waals surface area contributed by atoms with Crippen LogP contribution in [0.3, 0.4) is 0 Å². The molecule has 0 saturated carbocycles. The molecule has 1 heterocycles. The summed E-state index contributed by atoms with van der Waals surface area (Å²) in [6.45, 7) is 2.59. The zero-order chi connectivity index (χ0) is 16.9. The maximum Gasteiger partial charge on any atom is 0.318 e. The van der Waals surface area contributed by atoms with Crippen molar-refractivity contribution in [3.05, 3.63) is 59.0 Å². The van der Waals surface area contributed by atoms with Gasteiger partial charge in [0.2, 0.25) is 0 Å². The molecule has 0 aliphatic heterocycles. The number of fused-ring (bicyclic) bond motifs is 1. The number of benzene rings is 1. The number of hydrogen-bond donors (Lipinski definition) is 2. The summed E-state index contributed by atoms with van der Waals surface area (Å²) in [6.07, 6.45) is 4.65. The summed E-state index contributed by atoms with van der Waals surface area (Å²) in [5.74, 6) is 0.812. The molecule has 0 fully saturated rings. The van der Waals surface area contributed by atoms with Gasteiger partial charge in [-0.2, -0.15) is 0 Å². The Morgan fingerprint density at radius 3 is 2.96 bits per heavy atom. The van der Waals surface area contributed by atoms with Crippen LogP contribution in [0, 0.1) is 6.92 Å². The average Bonchev–Trinajstić information content (AvgIpc) is 3.02. The fraction of sp³-hybridized carbons (Fsp3) is 0.421. The maximum atomic E-state index is 12.7. The minimum atomic E-state index is -0.147. The predicted molar refractivity (Wildman–Crippen MR) is 91.6 cm³/mol. The number of aliphatic hydroxyl groups is 1. The molecule has 2 aromatic rings. The van der Waals surface area contributed by atoms with Crippen LogP contribution < -0.4 is 5.32 Å². The highest BCUT2D eigenvalue weighted by atomic mass is 16.3. The van der Waals surface area contributed by atoms with E-state index in [0.717, 1.165) is 30.6 Å². The van der Waals surface area contributed by atoms with Crippen LogP contribution in [0.15, 0.2) is 41.0 Å². The number of aliphatic hydroxyl groups excluding tert-OH is 1. The van der Waals surface area contributed by atoms with E-state index >= 15 is 0 Å². The first-order chi connectivity index (χ1) is 11.7. The minimum Gasteiger partial charge on any atom is -0.469 e. The van der Waals surface area contributed by atoms with Crippen molar-refractivity contribution in [1.82, 2.24) is 10.2 Å². The summed E-state index contributed by atoms with van der Waals surface area (Å²) in [5.41, 5.74) is 3.47. The van der Waals surface area contributed by atoms with Crippen molar-refractivity contribution in [2.45, 2.75) is 38.8 Å². The Morgan fingerprint density at radius 2 is 2.21 bits per heavy atom. The van der Waals surface area contributed by atoms with Crippen LogP contribution in [-0.2, 0) is 13.0 Å². The second kappa shape index (κ2) is 7.53. The molecule has 0 spiro atoms. The van der Waals surface area contributed by atoms with Gasteiger partial charge in [0.15, 0.2) is 0 Å². The van der Waals surface area contributed by atoms with Gasteiger partial charge in [0.05, 0.1) is 18.9 Å². The predicted octanol–water partition coefficient (Wildman–Crippen LogP) is 3.17. The number of nitrogens with zero attached hydrogens (tertiary/aromatic N) is 1. The highest BCUT2D eigenvalue weighted by molar-refractivity contribution is 5.75. The molecule has 5 nitrogen and oxygen atoms in total. The standard InChI is InChI=1S/C19H24N2O3/c1-14-16(9-12-24-14)13-20-19(23)21(10-11-22)18-8-4-6-15-5-2-3-7-17(15)18/h2-3,5,7,9,12,18,22H,4,6,8,10-11,13H2,1H3,(H,20,23)/t18-/m1/s1. The molecule has 2 amide bonds. The monoisotopic (exact) mass is 328 g/mol. The van der Waals surface area contributed by atoms with Crippen molar-refractivity contribution in [1.29, 1.82) is 0 Å². The van der Waals surface area contributed by atoms with Crippen LogP contribution in [-0.4, -0.2) is 29.2 Å². The minimum absolute atomic E-state index is 0.0209. The summed E-state index contributed by atoms with van der Waals surface area (Å²) in [7, 11) is 0. The van der Waals surface area contributed by atoms with Gasteiger partial charge in [-0.3, -0.25) is 0 Å². The number of carbonyl (C=O) groups excluding carboxylic acids is 1. The first-order valence-electron chi connectivity index (χ1n) is 8.47. The molecular formula is C19H24N2O3. The number of nitrogens with one attached hydrogen (secondary N) is 1. The van der Waals surface area contributed by atoms with Crippen LogP contribution in [0.4, 0.5) is 4.79 Å². The molecule has 1 aromatic heterocycles. The van der Waals surface area contributed by atoms with E-state index in [1.165, 1.54) is 11.1 Å². The van der Waals surface area contributed by atoms with Gasteiger partial charge in [0.25, 0.3) is 0 Å². The topological polar surface area (TPSA) is 65.7 Å². The first kappa shape index (κ1) is 16.6. The van der Waals surface area contributed by atoms with E-state index < -0.39 is 0 Å². The third-order valence-electron chi connectivity index (χ3n) is 4.71. The van der Waals surface area contributed by atoms with Gasteiger partial charge in [-0.25, -0.2) is 4.79 Å². The van der Waals surface area contributed by atoms with E-state index in [9.17, 15) is 9.90 Å². The lowest BCUT2D eigenvalue weighted by Crippen LogP contribution is -2.44. The van der Waals surface area contributed by atoms with Gasteiger partial charge in [0.1, 0.15) is 5.76 Å². The fourth-order valence-electron chi connectivity index (χ4n) is 3.43. The molecular weight excluding hydrogens is 304 g/mol. The van der Waals surface area contributed by atoms with Gasteiger partial charge < -0.3 is 19.7 Å². The molecule has 0 bridgehead atoms. The third-order valence-corrected chi connectivity index (χ3v) is 4.71. The van der Waals surface area contributed by atoms with E-state index in [0.29, 0.717) is 13.1 Å². The molecule has 2 N–H and O–H groups in total. The van der Waals surface area contributed by atoms with E-state index in [-0.39, 0.29) is 18.7 Å². The molecule has 24 heavy (non-hydrogen) atoms. The van der Waals surface area contributed by atoms with Crippen LogP contribution in [0.2, 0.25) is 0 Å². The summed E-state index contributed by atoms with van der Waals surface area (Å²) in [6, 6.07) is 10.0. The molecule has 128 valence electrons. The molecule has 1 atom stereocenters. The zero-order valence-corrected chi connectivity index (χ0v) is 14.0. The number of urea groups is 1. The molecule has 3 rings (SSSR count). The van der Waals surface area contributed by atoms with Gasteiger partial charge in [0, 0.05) is 18.7 Å². The average molecular weight is 328 g/mol. The molecule has 0 radical (unpaired) electrons. The smallest absolute Gasteiger partial charge is 0.318 e. The number of amides is 2. The number of carbonyl (C=O) groups is 1. The Morgan fingerprint density at radius 1 is 1.38 bits per heavy atom. The second-order valence-corrected chi connectivity index (χ2v) is 6.18. The van der Waals surface area contributed by atoms with Gasteiger partial charge in [-0.05, 0) is 43.4 Å². The molecule has 5 heteroatoms. The number of rotatable bonds is 5. The normalized spacial score (nSPS) is 16.5. The van der Waals surface area contributed by atoms with Crippen molar-refractivity contribution in [2.24, 2.45) is 0 Å². The van der Waals surface area contributed by atoms with Gasteiger partial charge in [-0.1, -0.05) is 24.3 Å². The van der Waals surface area contributed by atoms with Crippen LogP contribution in [0.5, 0.6) is 0 Å². The van der Waals surface area contributed by atoms with Crippen molar-refractivity contribution in [3.8, 4) is 0 Å². The Bertz CT molecular complexity index is 695. The Kier molecular flexibility index (Phi) is 5.20. The number of hydrogen-bond acceptors (Lipinski definition) is 3. The fourth-order valence-corrected chi connectivity index (χ4v) is 3.43. The van der Waals surface area contributed by atoms with E-state index in [4.69, 9.17) is 4.42 Å². The molecule has 1 aliphatic carbocycles. The molecule has 0 saturated heterocycles. The lowest BCUT2D eigenvalue weighted by atomic mass is 9.87. The van der Waals surface area contributed by atoms with Crippen LogP contribution >= 0.6 is 0 Å². The van der Waals surface area contributed by atoms with Crippen LogP contribution in [0.25, 0.3) is 0 Å².